The van der Waals surface area contributed by atoms with Crippen molar-refractivity contribution in [2.24, 2.45) is 10.7 Å². The van der Waals surface area contributed by atoms with Gasteiger partial charge >= 0.3 is 0 Å². The van der Waals surface area contributed by atoms with Crippen molar-refractivity contribution in [1.82, 2.24) is 0 Å². The average Bonchev–Trinajstić information content (AvgIpc) is 2.41. The van der Waals surface area contributed by atoms with Crippen molar-refractivity contribution in [3.05, 3.63) is 58.4 Å². The van der Waals surface area contributed by atoms with E-state index in [-0.39, 0.29) is 5.02 Å². The first-order valence-electron chi connectivity index (χ1n) is 5.95. The molecule has 2 aromatic carbocycles. The average molecular weight is 291 g/mol. The molecule has 1 atom stereocenters. The summed E-state index contributed by atoms with van der Waals surface area (Å²) >= 11 is 5.83. The van der Waals surface area contributed by atoms with E-state index in [1.165, 1.54) is 18.5 Å². The van der Waals surface area contributed by atoms with Gasteiger partial charge < -0.3 is 11.1 Å². The highest BCUT2D eigenvalue weighted by molar-refractivity contribution is 6.30. The molecule has 0 amide bonds. The van der Waals surface area contributed by atoms with E-state index in [1.54, 1.807) is 24.3 Å². The molecule has 0 aliphatic carbocycles. The van der Waals surface area contributed by atoms with Crippen LogP contribution in [0, 0.1) is 5.82 Å². The van der Waals surface area contributed by atoms with Crippen LogP contribution in [0.1, 0.15) is 11.1 Å². The van der Waals surface area contributed by atoms with Gasteiger partial charge in [0, 0.05) is 22.5 Å². The molecule has 0 fully saturated rings. The summed E-state index contributed by atoms with van der Waals surface area (Å²) in [6, 6.07) is 9.65. The van der Waals surface area contributed by atoms with E-state index in [0.29, 0.717) is 11.3 Å². The summed E-state index contributed by atoms with van der Waals surface area (Å²) in [5.41, 5.74) is 13.8. The summed E-state index contributed by atoms with van der Waals surface area (Å²) in [4.78, 5) is 4.29. The zero-order chi connectivity index (χ0) is 14.3. The van der Waals surface area contributed by atoms with Crippen LogP contribution < -0.4 is 16.8 Å². The van der Waals surface area contributed by atoms with Gasteiger partial charge in [-0.15, -0.1) is 0 Å². The number of halogens is 2. The molecule has 20 heavy (non-hydrogen) atoms. The number of anilines is 2. The van der Waals surface area contributed by atoms with Crippen LogP contribution in [0.25, 0.3) is 0 Å². The Hall–Kier alpha value is -2.11. The number of nitrogen functional groups attached to an aromatic ring is 1. The van der Waals surface area contributed by atoms with Crippen LogP contribution in [0.2, 0.25) is 5.02 Å². The minimum atomic E-state index is -1.12. The van der Waals surface area contributed by atoms with E-state index in [1.807, 2.05) is 0 Å². The van der Waals surface area contributed by atoms with Crippen LogP contribution in [0.4, 0.5) is 15.8 Å². The largest absolute Gasteiger partial charge is 0.399 e. The molecule has 2 aromatic rings. The lowest BCUT2D eigenvalue weighted by molar-refractivity contribution is 0.566. The molecule has 0 bridgehead atoms. The van der Waals surface area contributed by atoms with Gasteiger partial charge in [0.25, 0.3) is 0 Å². The molecule has 0 saturated heterocycles. The van der Waals surface area contributed by atoms with E-state index in [0.717, 1.165) is 11.3 Å². The maximum Gasteiger partial charge on any atom is 0.163 e. The van der Waals surface area contributed by atoms with Gasteiger partial charge in [-0.1, -0.05) is 23.7 Å². The summed E-state index contributed by atoms with van der Waals surface area (Å²) in [5, 5.41) is 3.01. The molecule has 102 valence electrons. The molecule has 4 nitrogen and oxygen atoms in total. The lowest BCUT2D eigenvalue weighted by Gasteiger charge is -2.31. The maximum absolute atomic E-state index is 13.3. The van der Waals surface area contributed by atoms with Crippen LogP contribution in [0.5, 0.6) is 0 Å². The van der Waals surface area contributed by atoms with Crippen molar-refractivity contribution < 1.29 is 4.39 Å². The number of nitrogens with two attached hydrogens (primary N) is 2. The minimum absolute atomic E-state index is 0.0121. The third kappa shape index (κ3) is 1.92. The topological polar surface area (TPSA) is 76.4 Å². The van der Waals surface area contributed by atoms with E-state index in [4.69, 9.17) is 23.1 Å². The first-order chi connectivity index (χ1) is 9.50. The Morgan fingerprint density at radius 2 is 2.00 bits per heavy atom. The fourth-order valence-corrected chi connectivity index (χ4v) is 2.43. The van der Waals surface area contributed by atoms with E-state index >= 15 is 0 Å². The van der Waals surface area contributed by atoms with Gasteiger partial charge in [-0.2, -0.15) is 0 Å². The van der Waals surface area contributed by atoms with Gasteiger partial charge in [-0.3, -0.25) is 5.73 Å². The van der Waals surface area contributed by atoms with Gasteiger partial charge in [-0.25, -0.2) is 9.38 Å². The highest BCUT2D eigenvalue weighted by atomic mass is 35.5. The Morgan fingerprint density at radius 1 is 1.20 bits per heavy atom. The van der Waals surface area contributed by atoms with E-state index in [9.17, 15) is 4.39 Å². The Kier molecular flexibility index (Phi) is 2.88. The van der Waals surface area contributed by atoms with Gasteiger partial charge in [0.2, 0.25) is 0 Å². The molecule has 1 aliphatic heterocycles. The molecule has 6 heteroatoms. The molecule has 0 spiro atoms. The van der Waals surface area contributed by atoms with E-state index < -0.39 is 11.5 Å². The second-order valence-corrected chi connectivity index (χ2v) is 5.01. The zero-order valence-corrected chi connectivity index (χ0v) is 11.2. The number of fused-ring (bicyclic) bond motifs is 1. The molecule has 3 rings (SSSR count). The predicted molar refractivity (Wildman–Crippen MR) is 79.3 cm³/mol. The van der Waals surface area contributed by atoms with E-state index in [2.05, 4.69) is 10.3 Å². The number of hydrogen-bond acceptors (Lipinski definition) is 4. The van der Waals surface area contributed by atoms with Crippen LogP contribution in [-0.2, 0) is 5.66 Å². The molecule has 0 radical (unpaired) electrons. The molecule has 5 N–H and O–H groups in total. The molecule has 1 aliphatic rings. The van der Waals surface area contributed by atoms with Crippen molar-refractivity contribution in [2.75, 3.05) is 11.1 Å². The highest BCUT2D eigenvalue weighted by Crippen LogP contribution is 2.37. The Balaban J connectivity index is 2.19. The third-order valence-corrected chi connectivity index (χ3v) is 3.59. The molecule has 0 aromatic heterocycles. The number of hydrogen-bond donors (Lipinski definition) is 3. The van der Waals surface area contributed by atoms with Crippen LogP contribution in [0.3, 0.4) is 0 Å². The minimum Gasteiger partial charge on any atom is -0.399 e. The van der Waals surface area contributed by atoms with Crippen molar-refractivity contribution in [3.63, 3.8) is 0 Å². The van der Waals surface area contributed by atoms with Gasteiger partial charge in [-0.05, 0) is 24.3 Å². The van der Waals surface area contributed by atoms with Crippen LogP contribution in [-0.4, -0.2) is 6.34 Å². The number of rotatable bonds is 1. The van der Waals surface area contributed by atoms with Crippen molar-refractivity contribution >= 4 is 29.3 Å². The second kappa shape index (κ2) is 4.47. The lowest BCUT2D eigenvalue weighted by Crippen LogP contribution is -2.39. The van der Waals surface area contributed by atoms with Crippen molar-refractivity contribution in [1.29, 1.82) is 0 Å². The summed E-state index contributed by atoms with van der Waals surface area (Å²) in [6.07, 6.45) is 1.50. The fourth-order valence-electron chi connectivity index (χ4n) is 2.25. The van der Waals surface area contributed by atoms with Crippen molar-refractivity contribution in [2.45, 2.75) is 5.66 Å². The van der Waals surface area contributed by atoms with Crippen LogP contribution >= 0.6 is 11.6 Å². The van der Waals surface area contributed by atoms with Gasteiger partial charge in [0.15, 0.2) is 5.66 Å². The highest BCUT2D eigenvalue weighted by Gasteiger charge is 2.33. The van der Waals surface area contributed by atoms with Crippen molar-refractivity contribution in [3.8, 4) is 0 Å². The zero-order valence-electron chi connectivity index (χ0n) is 10.4. The quantitative estimate of drug-likeness (QED) is 0.707. The molecule has 1 heterocycles. The standard InChI is InChI=1S/C14H12ClFN4/c15-11-5-8(1-4-12(11)16)14(18)10-3-2-9(17)6-13(10)19-7-20-14/h1-7H,17-18H2,(H,19,20). The molecule has 1 unspecified atom stereocenters. The summed E-state index contributed by atoms with van der Waals surface area (Å²) in [7, 11) is 0. The molecular weight excluding hydrogens is 279 g/mol. The normalized spacial score (nSPS) is 20.4. The Bertz CT molecular complexity index is 716. The number of aliphatic imine (C=N–C) groups is 1. The summed E-state index contributed by atoms with van der Waals surface area (Å²) < 4.78 is 13.3. The third-order valence-electron chi connectivity index (χ3n) is 3.30. The number of nitrogens with zero attached hydrogens (tertiary/aromatic N) is 1. The lowest BCUT2D eigenvalue weighted by atomic mass is 9.90. The summed E-state index contributed by atoms with van der Waals surface area (Å²) in [5.74, 6) is -0.491. The maximum atomic E-state index is 13.3. The predicted octanol–water partition coefficient (Wildman–Crippen LogP) is 2.67. The van der Waals surface area contributed by atoms with Crippen LogP contribution in [0.15, 0.2) is 41.4 Å². The fraction of sp³-hybridized carbons (Fsp3) is 0.0714. The number of benzene rings is 2. The summed E-state index contributed by atoms with van der Waals surface area (Å²) in [6.45, 7) is 0. The molecule has 0 saturated carbocycles. The molecular formula is C14H12ClFN4. The second-order valence-electron chi connectivity index (χ2n) is 4.60. The first kappa shape index (κ1) is 12.9. The number of nitrogens with one attached hydrogen (secondary N) is 1. The SMILES string of the molecule is Nc1ccc2c(c1)NC=NC2(N)c1ccc(F)c(Cl)c1. The van der Waals surface area contributed by atoms with Gasteiger partial charge in [0.05, 0.1) is 11.4 Å². The smallest absolute Gasteiger partial charge is 0.163 e. The van der Waals surface area contributed by atoms with Gasteiger partial charge in [0.1, 0.15) is 5.82 Å². The Labute approximate surface area is 120 Å². The first-order valence-corrected chi connectivity index (χ1v) is 6.33. The monoisotopic (exact) mass is 290 g/mol. The Morgan fingerprint density at radius 3 is 2.75 bits per heavy atom.